The summed E-state index contributed by atoms with van der Waals surface area (Å²) in [6.07, 6.45) is 56.4. The molecule has 0 saturated carbocycles. The third-order valence-corrected chi connectivity index (χ3v) is 10.6. The Kier molecular flexibility index (Phi) is 33.4. The Morgan fingerprint density at radius 2 is 0.674 bits per heavy atom. The van der Waals surface area contributed by atoms with Gasteiger partial charge in [-0.05, 0) is 32.1 Å². The van der Waals surface area contributed by atoms with Gasteiger partial charge in [0.2, 0.25) is 0 Å². The quantitative estimate of drug-likeness (QED) is 0.0501. The van der Waals surface area contributed by atoms with E-state index < -0.39 is 0 Å². The molecule has 0 N–H and O–H groups in total. The van der Waals surface area contributed by atoms with Gasteiger partial charge in [0.05, 0.1) is 13.1 Å². The summed E-state index contributed by atoms with van der Waals surface area (Å²) in [5, 5.41) is 0. The fraction of sp³-hybridized carbons (Fsp3) is 0.932. The molecule has 0 fully saturated rings. The zero-order valence-electron chi connectivity index (χ0n) is 32.4. The third kappa shape index (κ3) is 27.2. The van der Waals surface area contributed by atoms with Crippen LogP contribution in [0, 0.1) is 0 Å². The second kappa shape index (κ2) is 35.5. The molecule has 1 rings (SSSR count). The van der Waals surface area contributed by atoms with Crippen LogP contribution in [0.15, 0.2) is 12.4 Å². The number of aromatic nitrogens is 2. The highest BCUT2D eigenvalue weighted by atomic mass is 15.1. The van der Waals surface area contributed by atoms with Crippen LogP contribution in [0.3, 0.4) is 0 Å². The number of imidazole rings is 1. The first-order chi connectivity index (χ1) is 22.8. The fourth-order valence-electron chi connectivity index (χ4n) is 7.39. The SMILES string of the molecule is CCCCCCCCCCCCCCCCCCCn1cc[n+](CCCCC)c1CCCCCCCCCCCCCCCCC. The lowest BCUT2D eigenvalue weighted by atomic mass is 10.0. The summed E-state index contributed by atoms with van der Waals surface area (Å²) in [5.41, 5.74) is 0. The first-order valence-electron chi connectivity index (χ1n) is 21.9. The molecule has 0 amide bonds. The van der Waals surface area contributed by atoms with Gasteiger partial charge in [-0.1, -0.05) is 213 Å². The normalized spacial score (nSPS) is 11.6. The molecule has 1 heterocycles. The molecule has 1 aromatic rings. The van der Waals surface area contributed by atoms with Crippen molar-refractivity contribution in [1.29, 1.82) is 0 Å². The molecule has 46 heavy (non-hydrogen) atoms. The van der Waals surface area contributed by atoms with Crippen LogP contribution in [0.25, 0.3) is 0 Å². The van der Waals surface area contributed by atoms with E-state index in [1.807, 2.05) is 0 Å². The molecule has 2 nitrogen and oxygen atoms in total. The van der Waals surface area contributed by atoms with E-state index in [0.29, 0.717) is 0 Å². The first-order valence-corrected chi connectivity index (χ1v) is 21.9. The largest absolute Gasteiger partial charge is 0.256 e. The van der Waals surface area contributed by atoms with E-state index in [1.54, 1.807) is 5.82 Å². The number of rotatable bonds is 38. The predicted molar refractivity (Wildman–Crippen MR) is 207 cm³/mol. The van der Waals surface area contributed by atoms with Crippen LogP contribution in [-0.2, 0) is 19.5 Å². The zero-order chi connectivity index (χ0) is 33.0. The molecular formula is C44H87N2+. The maximum absolute atomic E-state index is 2.63. The fourth-order valence-corrected chi connectivity index (χ4v) is 7.39. The zero-order valence-corrected chi connectivity index (χ0v) is 32.4. The number of hydrogen-bond donors (Lipinski definition) is 0. The van der Waals surface area contributed by atoms with Crippen LogP contribution in [0.1, 0.15) is 251 Å². The van der Waals surface area contributed by atoms with Gasteiger partial charge in [-0.25, -0.2) is 9.13 Å². The predicted octanol–water partition coefficient (Wildman–Crippen LogP) is 15.0. The summed E-state index contributed by atoms with van der Waals surface area (Å²) in [4.78, 5) is 0. The number of unbranched alkanes of at least 4 members (excludes halogenated alkanes) is 32. The molecule has 0 atom stereocenters. The summed E-state index contributed by atoms with van der Waals surface area (Å²) < 4.78 is 5.23. The Morgan fingerprint density at radius 3 is 1.04 bits per heavy atom. The van der Waals surface area contributed by atoms with Crippen molar-refractivity contribution < 1.29 is 4.57 Å². The molecular weight excluding hydrogens is 556 g/mol. The lowest BCUT2D eigenvalue weighted by molar-refractivity contribution is -0.704. The molecule has 0 bridgehead atoms. The van der Waals surface area contributed by atoms with Crippen molar-refractivity contribution in [3.05, 3.63) is 18.2 Å². The van der Waals surface area contributed by atoms with Crippen LogP contribution in [0.4, 0.5) is 0 Å². The van der Waals surface area contributed by atoms with Gasteiger partial charge in [-0.2, -0.15) is 0 Å². The van der Waals surface area contributed by atoms with Crippen molar-refractivity contribution >= 4 is 0 Å². The van der Waals surface area contributed by atoms with Crippen molar-refractivity contribution in [1.82, 2.24) is 4.57 Å². The van der Waals surface area contributed by atoms with Crippen molar-refractivity contribution in [2.24, 2.45) is 0 Å². The minimum atomic E-state index is 1.22. The summed E-state index contributed by atoms with van der Waals surface area (Å²) in [7, 11) is 0. The van der Waals surface area contributed by atoms with Gasteiger partial charge < -0.3 is 0 Å². The van der Waals surface area contributed by atoms with Gasteiger partial charge in [-0.15, -0.1) is 0 Å². The molecule has 2 heteroatoms. The molecule has 0 aliphatic heterocycles. The minimum Gasteiger partial charge on any atom is -0.234 e. The van der Waals surface area contributed by atoms with E-state index in [0.717, 1.165) is 0 Å². The smallest absolute Gasteiger partial charge is 0.234 e. The minimum absolute atomic E-state index is 1.22. The standard InChI is InChI=1S/C44H87N2/c1-4-7-10-12-14-16-18-20-22-23-25-27-29-31-33-35-38-41-46-43-42-45(40-37-9-6-3)44(46)39-36-34-32-30-28-26-24-21-19-17-15-13-11-8-5-2/h42-43H,4-41H2,1-3H3/q+1. The number of hydrogen-bond acceptors (Lipinski definition) is 0. The van der Waals surface area contributed by atoms with Crippen LogP contribution < -0.4 is 4.57 Å². The second-order valence-corrected chi connectivity index (χ2v) is 15.2. The Bertz CT molecular complexity index is 707. The Hall–Kier alpha value is -0.790. The van der Waals surface area contributed by atoms with E-state index in [1.165, 1.54) is 244 Å². The topological polar surface area (TPSA) is 8.81 Å². The average molecular weight is 644 g/mol. The van der Waals surface area contributed by atoms with Gasteiger partial charge in [0, 0.05) is 6.42 Å². The Balaban J connectivity index is 2.08. The van der Waals surface area contributed by atoms with Crippen LogP contribution in [-0.4, -0.2) is 4.57 Å². The van der Waals surface area contributed by atoms with Crippen molar-refractivity contribution in [2.75, 3.05) is 0 Å². The maximum atomic E-state index is 2.63. The maximum Gasteiger partial charge on any atom is 0.256 e. The highest BCUT2D eigenvalue weighted by Gasteiger charge is 2.16. The number of nitrogens with zero attached hydrogens (tertiary/aromatic N) is 2. The summed E-state index contributed by atoms with van der Waals surface area (Å²) in [5.74, 6) is 1.61. The second-order valence-electron chi connectivity index (χ2n) is 15.2. The summed E-state index contributed by atoms with van der Waals surface area (Å²) in [6.45, 7) is 9.39. The molecule has 0 aliphatic rings. The van der Waals surface area contributed by atoms with Crippen molar-refractivity contribution in [2.45, 2.75) is 265 Å². The van der Waals surface area contributed by atoms with Gasteiger partial charge in [0.25, 0.3) is 5.82 Å². The molecule has 272 valence electrons. The summed E-state index contributed by atoms with van der Waals surface area (Å²) >= 11 is 0. The molecule has 0 radical (unpaired) electrons. The monoisotopic (exact) mass is 644 g/mol. The van der Waals surface area contributed by atoms with E-state index in [2.05, 4.69) is 42.3 Å². The Morgan fingerprint density at radius 1 is 0.370 bits per heavy atom. The van der Waals surface area contributed by atoms with E-state index >= 15 is 0 Å². The van der Waals surface area contributed by atoms with E-state index in [9.17, 15) is 0 Å². The third-order valence-electron chi connectivity index (χ3n) is 10.6. The van der Waals surface area contributed by atoms with Gasteiger partial charge in [0.1, 0.15) is 12.4 Å². The van der Waals surface area contributed by atoms with E-state index in [4.69, 9.17) is 0 Å². The average Bonchev–Trinajstić information content (AvgIpc) is 3.45. The molecule has 0 aromatic carbocycles. The van der Waals surface area contributed by atoms with Crippen LogP contribution in [0.2, 0.25) is 0 Å². The van der Waals surface area contributed by atoms with Gasteiger partial charge in [-0.3, -0.25) is 0 Å². The number of aryl methyl sites for hydroxylation is 2. The summed E-state index contributed by atoms with van der Waals surface area (Å²) in [6, 6.07) is 0. The molecule has 0 spiro atoms. The van der Waals surface area contributed by atoms with Crippen molar-refractivity contribution in [3.63, 3.8) is 0 Å². The van der Waals surface area contributed by atoms with Gasteiger partial charge in [0.15, 0.2) is 0 Å². The Labute approximate surface area is 291 Å². The highest BCUT2D eigenvalue weighted by Crippen LogP contribution is 2.16. The molecule has 0 saturated heterocycles. The van der Waals surface area contributed by atoms with Crippen LogP contribution in [0.5, 0.6) is 0 Å². The van der Waals surface area contributed by atoms with Gasteiger partial charge >= 0.3 is 0 Å². The van der Waals surface area contributed by atoms with Crippen LogP contribution >= 0.6 is 0 Å². The van der Waals surface area contributed by atoms with E-state index in [-0.39, 0.29) is 0 Å². The lowest BCUT2D eigenvalue weighted by Gasteiger charge is -2.07. The van der Waals surface area contributed by atoms with Crippen molar-refractivity contribution in [3.8, 4) is 0 Å². The molecule has 0 aliphatic carbocycles. The first kappa shape index (κ1) is 43.2. The molecule has 1 aromatic heterocycles. The highest BCUT2D eigenvalue weighted by molar-refractivity contribution is 4.84. The lowest BCUT2D eigenvalue weighted by Crippen LogP contribution is -2.37. The molecule has 0 unspecified atom stereocenters.